The maximum atomic E-state index is 13.1. The standard InChI is InChI=1S/C10H6BrClFN3O2/c1-4-14-9(10(17)18)15-16(4)8-6(11)2-5(13)3-7(8)12/h2-3H,1H3,(H,17,18). The summed E-state index contributed by atoms with van der Waals surface area (Å²) in [4.78, 5) is 14.5. The van der Waals surface area contributed by atoms with Crippen molar-refractivity contribution in [1.82, 2.24) is 14.8 Å². The second-order valence-electron chi connectivity index (χ2n) is 3.42. The molecule has 0 aliphatic heterocycles. The van der Waals surface area contributed by atoms with E-state index < -0.39 is 11.8 Å². The highest BCUT2D eigenvalue weighted by Crippen LogP contribution is 2.30. The molecule has 18 heavy (non-hydrogen) atoms. The summed E-state index contributed by atoms with van der Waals surface area (Å²) in [7, 11) is 0. The number of aryl methyl sites for hydroxylation is 1. The summed E-state index contributed by atoms with van der Waals surface area (Å²) in [5, 5.41) is 12.7. The van der Waals surface area contributed by atoms with Crippen LogP contribution in [0.15, 0.2) is 16.6 Å². The van der Waals surface area contributed by atoms with Gasteiger partial charge in [0.1, 0.15) is 11.6 Å². The highest BCUT2D eigenvalue weighted by atomic mass is 79.9. The van der Waals surface area contributed by atoms with E-state index in [2.05, 4.69) is 26.0 Å². The molecule has 0 atom stereocenters. The van der Waals surface area contributed by atoms with Crippen LogP contribution in [0, 0.1) is 12.7 Å². The molecule has 1 aromatic heterocycles. The SMILES string of the molecule is Cc1nc(C(=O)O)nn1-c1c(Cl)cc(F)cc1Br. The van der Waals surface area contributed by atoms with Gasteiger partial charge < -0.3 is 5.11 Å². The van der Waals surface area contributed by atoms with Crippen molar-refractivity contribution in [2.24, 2.45) is 0 Å². The Morgan fingerprint density at radius 1 is 1.56 bits per heavy atom. The molecule has 0 amide bonds. The molecular weight excluding hydrogens is 328 g/mol. The van der Waals surface area contributed by atoms with Crippen molar-refractivity contribution in [3.05, 3.63) is 39.1 Å². The van der Waals surface area contributed by atoms with Crippen LogP contribution in [-0.4, -0.2) is 25.8 Å². The van der Waals surface area contributed by atoms with Gasteiger partial charge in [-0.05, 0) is 35.0 Å². The molecule has 2 rings (SSSR count). The largest absolute Gasteiger partial charge is 0.475 e. The third-order valence-electron chi connectivity index (χ3n) is 2.15. The lowest BCUT2D eigenvalue weighted by molar-refractivity contribution is 0.0683. The Bertz CT molecular complexity index is 621. The number of aromatic nitrogens is 3. The van der Waals surface area contributed by atoms with Crippen molar-refractivity contribution in [1.29, 1.82) is 0 Å². The fourth-order valence-electron chi connectivity index (χ4n) is 1.43. The Morgan fingerprint density at radius 2 is 2.22 bits per heavy atom. The van der Waals surface area contributed by atoms with Crippen LogP contribution in [0.1, 0.15) is 16.4 Å². The van der Waals surface area contributed by atoms with Crippen molar-refractivity contribution in [2.45, 2.75) is 6.92 Å². The predicted molar refractivity (Wildman–Crippen MR) is 65.7 cm³/mol. The zero-order chi connectivity index (χ0) is 13.4. The minimum Gasteiger partial charge on any atom is -0.475 e. The molecule has 1 aromatic carbocycles. The molecule has 2 aromatic rings. The van der Waals surface area contributed by atoms with Gasteiger partial charge in [-0.3, -0.25) is 0 Å². The van der Waals surface area contributed by atoms with Crippen LogP contribution in [0.2, 0.25) is 5.02 Å². The van der Waals surface area contributed by atoms with Crippen molar-refractivity contribution in [3.63, 3.8) is 0 Å². The van der Waals surface area contributed by atoms with Gasteiger partial charge >= 0.3 is 5.97 Å². The second kappa shape index (κ2) is 4.66. The van der Waals surface area contributed by atoms with E-state index in [4.69, 9.17) is 16.7 Å². The fourth-order valence-corrected chi connectivity index (χ4v) is 2.43. The number of carbonyl (C=O) groups is 1. The van der Waals surface area contributed by atoms with E-state index in [-0.39, 0.29) is 10.8 Å². The topological polar surface area (TPSA) is 68.0 Å². The number of rotatable bonds is 2. The van der Waals surface area contributed by atoms with Gasteiger partial charge in [0.15, 0.2) is 0 Å². The van der Waals surface area contributed by atoms with Gasteiger partial charge in [0.2, 0.25) is 0 Å². The molecule has 1 N–H and O–H groups in total. The third kappa shape index (κ3) is 2.23. The smallest absolute Gasteiger partial charge is 0.375 e. The molecule has 0 fully saturated rings. The molecule has 0 aliphatic rings. The molecule has 0 unspecified atom stereocenters. The van der Waals surface area contributed by atoms with Gasteiger partial charge in [0.05, 0.1) is 10.7 Å². The van der Waals surface area contributed by atoms with Crippen molar-refractivity contribution >= 4 is 33.5 Å². The highest BCUT2D eigenvalue weighted by Gasteiger charge is 2.18. The average Bonchev–Trinajstić information content (AvgIpc) is 2.59. The quantitative estimate of drug-likeness (QED) is 0.917. The zero-order valence-electron chi connectivity index (χ0n) is 8.99. The molecule has 0 radical (unpaired) electrons. The number of carboxylic acids is 1. The Kier molecular flexibility index (Phi) is 3.36. The van der Waals surface area contributed by atoms with E-state index in [0.717, 1.165) is 6.07 Å². The molecule has 0 spiro atoms. The Balaban J connectivity index is 2.66. The van der Waals surface area contributed by atoms with E-state index in [1.165, 1.54) is 10.7 Å². The number of halogens is 3. The molecule has 0 saturated heterocycles. The maximum Gasteiger partial charge on any atom is 0.375 e. The minimum absolute atomic E-state index is 0.104. The molecule has 0 saturated carbocycles. The Labute approximate surface area is 114 Å². The normalized spacial score (nSPS) is 10.7. The van der Waals surface area contributed by atoms with Gasteiger partial charge in [-0.25, -0.2) is 18.9 Å². The molecular formula is C10H6BrClFN3O2. The van der Waals surface area contributed by atoms with Gasteiger partial charge in [-0.1, -0.05) is 11.6 Å². The van der Waals surface area contributed by atoms with Crippen LogP contribution >= 0.6 is 27.5 Å². The molecule has 1 heterocycles. The summed E-state index contributed by atoms with van der Waals surface area (Å²) < 4.78 is 14.7. The number of benzene rings is 1. The van der Waals surface area contributed by atoms with Crippen LogP contribution in [0.3, 0.4) is 0 Å². The minimum atomic E-state index is -1.24. The van der Waals surface area contributed by atoms with E-state index in [1.54, 1.807) is 6.92 Å². The van der Waals surface area contributed by atoms with Crippen LogP contribution < -0.4 is 0 Å². The monoisotopic (exact) mass is 333 g/mol. The van der Waals surface area contributed by atoms with Crippen LogP contribution in [0.4, 0.5) is 4.39 Å². The van der Waals surface area contributed by atoms with Crippen molar-refractivity contribution < 1.29 is 14.3 Å². The van der Waals surface area contributed by atoms with E-state index in [1.807, 2.05) is 0 Å². The Morgan fingerprint density at radius 3 is 2.72 bits per heavy atom. The predicted octanol–water partition coefficient (Wildman–Crippen LogP) is 2.83. The lowest BCUT2D eigenvalue weighted by atomic mass is 10.3. The first-order chi connectivity index (χ1) is 8.40. The van der Waals surface area contributed by atoms with E-state index in [0.29, 0.717) is 16.0 Å². The summed E-state index contributed by atoms with van der Waals surface area (Å²) in [6.45, 7) is 1.57. The summed E-state index contributed by atoms with van der Waals surface area (Å²) in [6, 6.07) is 2.33. The van der Waals surface area contributed by atoms with Gasteiger partial charge in [0, 0.05) is 4.47 Å². The van der Waals surface area contributed by atoms with Crippen LogP contribution in [0.25, 0.3) is 5.69 Å². The van der Waals surface area contributed by atoms with Crippen molar-refractivity contribution in [2.75, 3.05) is 0 Å². The summed E-state index contributed by atoms with van der Waals surface area (Å²) >= 11 is 9.08. The summed E-state index contributed by atoms with van der Waals surface area (Å²) in [5.41, 5.74) is 0.343. The zero-order valence-corrected chi connectivity index (χ0v) is 11.3. The molecule has 5 nitrogen and oxygen atoms in total. The summed E-state index contributed by atoms with van der Waals surface area (Å²) in [6.07, 6.45) is 0. The molecule has 94 valence electrons. The average molecular weight is 335 g/mol. The number of hydrogen-bond acceptors (Lipinski definition) is 3. The first kappa shape index (κ1) is 13.0. The maximum absolute atomic E-state index is 13.1. The van der Waals surface area contributed by atoms with Crippen LogP contribution in [-0.2, 0) is 0 Å². The van der Waals surface area contributed by atoms with Crippen LogP contribution in [0.5, 0.6) is 0 Å². The number of hydrogen-bond donors (Lipinski definition) is 1. The van der Waals surface area contributed by atoms with E-state index >= 15 is 0 Å². The first-order valence-corrected chi connectivity index (χ1v) is 5.89. The third-order valence-corrected chi connectivity index (χ3v) is 3.05. The second-order valence-corrected chi connectivity index (χ2v) is 4.68. The lowest BCUT2D eigenvalue weighted by Gasteiger charge is -2.08. The number of nitrogens with zero attached hydrogens (tertiary/aromatic N) is 3. The van der Waals surface area contributed by atoms with Gasteiger partial charge in [-0.15, -0.1) is 5.10 Å². The molecule has 0 aliphatic carbocycles. The highest BCUT2D eigenvalue weighted by molar-refractivity contribution is 9.10. The lowest BCUT2D eigenvalue weighted by Crippen LogP contribution is -2.04. The van der Waals surface area contributed by atoms with Gasteiger partial charge in [-0.2, -0.15) is 0 Å². The molecule has 0 bridgehead atoms. The van der Waals surface area contributed by atoms with E-state index in [9.17, 15) is 9.18 Å². The number of carboxylic acid groups (broad SMARTS) is 1. The summed E-state index contributed by atoms with van der Waals surface area (Å²) in [5.74, 6) is -1.76. The first-order valence-electron chi connectivity index (χ1n) is 4.72. The van der Waals surface area contributed by atoms with Crippen molar-refractivity contribution in [3.8, 4) is 5.69 Å². The fraction of sp³-hybridized carbons (Fsp3) is 0.100. The van der Waals surface area contributed by atoms with Gasteiger partial charge in [0.25, 0.3) is 5.82 Å². The number of aromatic carboxylic acids is 1. The molecule has 8 heteroatoms. The Hall–Kier alpha value is -1.47.